The lowest BCUT2D eigenvalue weighted by molar-refractivity contribution is 0.0668. The van der Waals surface area contributed by atoms with Crippen molar-refractivity contribution in [3.8, 4) is 5.75 Å². The van der Waals surface area contributed by atoms with Gasteiger partial charge in [-0.3, -0.25) is 0 Å². The number of rotatable bonds is 3. The summed E-state index contributed by atoms with van der Waals surface area (Å²) in [6, 6.07) is 5.12. The standard InChI is InChI=1S/C10H14ClNO2/c1-10(13,6-12)7-3-4-9(14-2)8(11)5-7/h3-5,13H,6,12H2,1-2H3/t10-/m1/s1. The molecule has 0 saturated carbocycles. The highest BCUT2D eigenvalue weighted by Crippen LogP contribution is 2.29. The number of methoxy groups -OCH3 is 1. The molecule has 3 nitrogen and oxygen atoms in total. The van der Waals surface area contributed by atoms with Crippen LogP contribution in [-0.2, 0) is 5.60 Å². The Bertz CT molecular complexity index is 326. The molecule has 78 valence electrons. The normalized spacial score (nSPS) is 14.9. The molecule has 0 amide bonds. The fourth-order valence-electron chi connectivity index (χ4n) is 1.12. The summed E-state index contributed by atoms with van der Waals surface area (Å²) in [6.07, 6.45) is 0. The zero-order valence-electron chi connectivity index (χ0n) is 8.25. The van der Waals surface area contributed by atoms with Gasteiger partial charge >= 0.3 is 0 Å². The molecule has 0 aliphatic rings. The third-order valence-corrected chi connectivity index (χ3v) is 2.47. The first-order valence-corrected chi connectivity index (χ1v) is 4.65. The van der Waals surface area contributed by atoms with Crippen LogP contribution in [0.5, 0.6) is 5.75 Å². The molecule has 14 heavy (non-hydrogen) atoms. The van der Waals surface area contributed by atoms with Crippen LogP contribution in [0.3, 0.4) is 0 Å². The number of hydrogen-bond donors (Lipinski definition) is 2. The minimum absolute atomic E-state index is 0.148. The number of hydrogen-bond acceptors (Lipinski definition) is 3. The Morgan fingerprint density at radius 1 is 1.57 bits per heavy atom. The van der Waals surface area contributed by atoms with Gasteiger partial charge in [-0.1, -0.05) is 17.7 Å². The van der Waals surface area contributed by atoms with Crippen LogP contribution >= 0.6 is 11.6 Å². The first kappa shape index (κ1) is 11.3. The molecule has 0 saturated heterocycles. The van der Waals surface area contributed by atoms with Crippen molar-refractivity contribution >= 4 is 11.6 Å². The Hall–Kier alpha value is -0.770. The van der Waals surface area contributed by atoms with Crippen LogP contribution in [0.4, 0.5) is 0 Å². The Kier molecular flexibility index (Phi) is 3.37. The minimum Gasteiger partial charge on any atom is -0.495 e. The summed E-state index contributed by atoms with van der Waals surface area (Å²) in [7, 11) is 1.54. The maximum absolute atomic E-state index is 9.86. The van der Waals surface area contributed by atoms with Crippen molar-refractivity contribution in [3.05, 3.63) is 28.8 Å². The van der Waals surface area contributed by atoms with E-state index >= 15 is 0 Å². The summed E-state index contributed by atoms with van der Waals surface area (Å²) in [5.74, 6) is 0.586. The molecule has 1 aromatic carbocycles. The van der Waals surface area contributed by atoms with Crippen LogP contribution in [0.25, 0.3) is 0 Å². The number of nitrogens with two attached hydrogens (primary N) is 1. The fraction of sp³-hybridized carbons (Fsp3) is 0.400. The van der Waals surface area contributed by atoms with Gasteiger partial charge in [-0.25, -0.2) is 0 Å². The molecule has 0 spiro atoms. The molecule has 3 N–H and O–H groups in total. The minimum atomic E-state index is -1.05. The van der Waals surface area contributed by atoms with Crippen molar-refractivity contribution in [3.63, 3.8) is 0 Å². The number of aliphatic hydroxyl groups is 1. The first-order chi connectivity index (χ1) is 6.51. The molecule has 0 bridgehead atoms. The largest absolute Gasteiger partial charge is 0.495 e. The van der Waals surface area contributed by atoms with E-state index in [1.807, 2.05) is 0 Å². The molecule has 1 atom stereocenters. The Balaban J connectivity index is 3.08. The van der Waals surface area contributed by atoms with Crippen molar-refractivity contribution in [1.29, 1.82) is 0 Å². The van der Waals surface area contributed by atoms with E-state index < -0.39 is 5.60 Å². The van der Waals surface area contributed by atoms with Crippen LogP contribution in [-0.4, -0.2) is 18.8 Å². The summed E-state index contributed by atoms with van der Waals surface area (Å²) in [5.41, 5.74) is 5.07. The monoisotopic (exact) mass is 215 g/mol. The number of ether oxygens (including phenoxy) is 1. The van der Waals surface area contributed by atoms with Crippen LogP contribution in [0.2, 0.25) is 5.02 Å². The maximum atomic E-state index is 9.86. The zero-order chi connectivity index (χ0) is 10.8. The van der Waals surface area contributed by atoms with Gasteiger partial charge in [0.15, 0.2) is 0 Å². The second kappa shape index (κ2) is 4.17. The van der Waals surface area contributed by atoms with Crippen molar-refractivity contribution in [2.45, 2.75) is 12.5 Å². The molecule has 0 aliphatic heterocycles. The molecule has 4 heteroatoms. The topological polar surface area (TPSA) is 55.5 Å². The Labute approximate surface area is 88.4 Å². The van der Waals surface area contributed by atoms with E-state index in [1.54, 1.807) is 32.2 Å². The summed E-state index contributed by atoms with van der Waals surface area (Å²) in [6.45, 7) is 1.79. The summed E-state index contributed by atoms with van der Waals surface area (Å²) < 4.78 is 5.00. The lowest BCUT2D eigenvalue weighted by atomic mass is 9.96. The molecular weight excluding hydrogens is 202 g/mol. The predicted octanol–water partition coefficient (Wildman–Crippen LogP) is 1.51. The van der Waals surface area contributed by atoms with Gasteiger partial charge in [0.05, 0.1) is 17.7 Å². The molecule has 1 aromatic rings. The van der Waals surface area contributed by atoms with Gasteiger partial charge in [0.25, 0.3) is 0 Å². The molecule has 0 heterocycles. The Morgan fingerprint density at radius 3 is 2.64 bits per heavy atom. The van der Waals surface area contributed by atoms with E-state index in [9.17, 15) is 5.11 Å². The van der Waals surface area contributed by atoms with E-state index in [0.29, 0.717) is 16.3 Å². The average Bonchev–Trinajstić information content (AvgIpc) is 2.17. The van der Waals surface area contributed by atoms with Crippen molar-refractivity contribution in [1.82, 2.24) is 0 Å². The van der Waals surface area contributed by atoms with E-state index in [4.69, 9.17) is 22.1 Å². The summed E-state index contributed by atoms with van der Waals surface area (Å²) in [5, 5.41) is 10.3. The highest BCUT2D eigenvalue weighted by Gasteiger charge is 2.21. The second-order valence-electron chi connectivity index (χ2n) is 3.33. The second-order valence-corrected chi connectivity index (χ2v) is 3.73. The van der Waals surface area contributed by atoms with Gasteiger partial charge in [-0.05, 0) is 24.6 Å². The molecule has 0 radical (unpaired) electrons. The fourth-order valence-corrected chi connectivity index (χ4v) is 1.38. The lowest BCUT2D eigenvalue weighted by Crippen LogP contribution is -2.31. The molecular formula is C10H14ClNO2. The summed E-state index contributed by atoms with van der Waals surface area (Å²) in [4.78, 5) is 0. The van der Waals surface area contributed by atoms with E-state index in [-0.39, 0.29) is 6.54 Å². The van der Waals surface area contributed by atoms with E-state index in [1.165, 1.54) is 0 Å². The quantitative estimate of drug-likeness (QED) is 0.804. The maximum Gasteiger partial charge on any atom is 0.137 e. The molecule has 0 unspecified atom stereocenters. The number of benzene rings is 1. The highest BCUT2D eigenvalue weighted by atomic mass is 35.5. The molecule has 0 aromatic heterocycles. The third-order valence-electron chi connectivity index (χ3n) is 2.17. The van der Waals surface area contributed by atoms with Crippen molar-refractivity contribution in [2.24, 2.45) is 5.73 Å². The number of halogens is 1. The highest BCUT2D eigenvalue weighted by molar-refractivity contribution is 6.32. The lowest BCUT2D eigenvalue weighted by Gasteiger charge is -2.22. The van der Waals surface area contributed by atoms with Crippen LogP contribution in [0, 0.1) is 0 Å². The van der Waals surface area contributed by atoms with Crippen LogP contribution in [0.15, 0.2) is 18.2 Å². The van der Waals surface area contributed by atoms with E-state index in [0.717, 1.165) is 0 Å². The van der Waals surface area contributed by atoms with Gasteiger partial charge in [0.1, 0.15) is 5.75 Å². The van der Waals surface area contributed by atoms with Gasteiger partial charge in [0, 0.05) is 6.54 Å². The average molecular weight is 216 g/mol. The first-order valence-electron chi connectivity index (χ1n) is 4.27. The van der Waals surface area contributed by atoms with Crippen molar-refractivity contribution in [2.75, 3.05) is 13.7 Å². The SMILES string of the molecule is COc1ccc([C@](C)(O)CN)cc1Cl. The molecule has 0 aliphatic carbocycles. The van der Waals surface area contributed by atoms with Crippen LogP contribution in [0.1, 0.15) is 12.5 Å². The zero-order valence-corrected chi connectivity index (χ0v) is 9.01. The van der Waals surface area contributed by atoms with Gasteiger partial charge in [0.2, 0.25) is 0 Å². The third kappa shape index (κ3) is 2.18. The van der Waals surface area contributed by atoms with Gasteiger partial charge in [-0.15, -0.1) is 0 Å². The van der Waals surface area contributed by atoms with E-state index in [2.05, 4.69) is 0 Å². The summed E-state index contributed by atoms with van der Waals surface area (Å²) >= 11 is 5.92. The van der Waals surface area contributed by atoms with Crippen molar-refractivity contribution < 1.29 is 9.84 Å². The van der Waals surface area contributed by atoms with Gasteiger partial charge < -0.3 is 15.6 Å². The predicted molar refractivity (Wildman–Crippen MR) is 56.6 cm³/mol. The molecule has 0 fully saturated rings. The Morgan fingerprint density at radius 2 is 2.21 bits per heavy atom. The van der Waals surface area contributed by atoms with Gasteiger partial charge in [-0.2, -0.15) is 0 Å². The smallest absolute Gasteiger partial charge is 0.137 e. The van der Waals surface area contributed by atoms with Crippen LogP contribution < -0.4 is 10.5 Å². The molecule has 1 rings (SSSR count).